The number of halogens is 3. The first kappa shape index (κ1) is 18.6. The van der Waals surface area contributed by atoms with Gasteiger partial charge in [0.15, 0.2) is 6.61 Å². The number of hydrogen-bond acceptors (Lipinski definition) is 3. The van der Waals surface area contributed by atoms with Crippen LogP contribution in [-0.2, 0) is 9.59 Å². The van der Waals surface area contributed by atoms with E-state index in [1.807, 2.05) is 0 Å². The monoisotopic (exact) mass is 410 g/mol. The van der Waals surface area contributed by atoms with Crippen molar-refractivity contribution in [1.29, 1.82) is 0 Å². The molecule has 2 amide bonds. The molecule has 0 atom stereocenters. The van der Waals surface area contributed by atoms with Crippen molar-refractivity contribution in [2.45, 2.75) is 0 Å². The fourth-order valence-electron chi connectivity index (χ4n) is 1.70. The summed E-state index contributed by atoms with van der Waals surface area (Å²) in [6.45, 7) is -0.365. The van der Waals surface area contributed by atoms with Gasteiger partial charge in [-0.05, 0) is 48.5 Å². The molecule has 0 saturated carbocycles. The predicted octanol–water partition coefficient (Wildman–Crippen LogP) is 2.97. The molecule has 0 bridgehead atoms. The second kappa shape index (κ2) is 8.93. The van der Waals surface area contributed by atoms with Gasteiger partial charge < -0.3 is 4.74 Å². The van der Waals surface area contributed by atoms with Gasteiger partial charge in [0.1, 0.15) is 17.4 Å². The molecule has 0 radical (unpaired) electrons. The van der Waals surface area contributed by atoms with E-state index in [0.717, 1.165) is 6.08 Å². The molecule has 0 heterocycles. The Labute approximate surface area is 150 Å². The Kier molecular flexibility index (Phi) is 6.64. The van der Waals surface area contributed by atoms with Crippen LogP contribution in [0.3, 0.4) is 0 Å². The lowest BCUT2D eigenvalue weighted by Crippen LogP contribution is -2.43. The standard InChI is InChI=1S/C17H13BrF2N2O3/c18-12-2-7-15(20)11(9-12)1-8-16(23)21-22-17(24)10-25-14-5-3-13(19)4-6-14/h1-9H,10H2,(H,21,23)(H,22,24)/b8-1+. The van der Waals surface area contributed by atoms with E-state index in [4.69, 9.17) is 4.74 Å². The zero-order valence-corrected chi connectivity index (χ0v) is 14.3. The molecule has 2 aromatic carbocycles. The number of carbonyl (C=O) groups is 2. The number of hydrazine groups is 1. The summed E-state index contributed by atoms with van der Waals surface area (Å²) >= 11 is 3.20. The van der Waals surface area contributed by atoms with Crippen molar-refractivity contribution in [2.24, 2.45) is 0 Å². The van der Waals surface area contributed by atoms with Crippen LogP contribution in [0.4, 0.5) is 8.78 Å². The summed E-state index contributed by atoms with van der Waals surface area (Å²) in [5, 5.41) is 0. The van der Waals surface area contributed by atoms with Crippen molar-refractivity contribution in [1.82, 2.24) is 10.9 Å². The van der Waals surface area contributed by atoms with Gasteiger partial charge in [-0.15, -0.1) is 0 Å². The van der Waals surface area contributed by atoms with Crippen molar-refractivity contribution < 1.29 is 23.1 Å². The molecule has 0 unspecified atom stereocenters. The minimum atomic E-state index is -0.644. The van der Waals surface area contributed by atoms with Crippen molar-refractivity contribution >= 4 is 33.8 Å². The first-order valence-electron chi connectivity index (χ1n) is 7.04. The highest BCUT2D eigenvalue weighted by molar-refractivity contribution is 9.10. The van der Waals surface area contributed by atoms with Crippen LogP contribution in [0.15, 0.2) is 53.0 Å². The van der Waals surface area contributed by atoms with Gasteiger partial charge in [0.25, 0.3) is 11.8 Å². The topological polar surface area (TPSA) is 67.4 Å². The highest BCUT2D eigenvalue weighted by Gasteiger charge is 2.05. The average Bonchev–Trinajstić information content (AvgIpc) is 2.60. The van der Waals surface area contributed by atoms with E-state index in [9.17, 15) is 18.4 Å². The minimum absolute atomic E-state index is 0.218. The zero-order valence-electron chi connectivity index (χ0n) is 12.8. The lowest BCUT2D eigenvalue weighted by Gasteiger charge is -2.07. The SMILES string of the molecule is O=C(/C=C/c1cc(Br)ccc1F)NNC(=O)COc1ccc(F)cc1. The van der Waals surface area contributed by atoms with Crippen molar-refractivity contribution in [3.63, 3.8) is 0 Å². The van der Waals surface area contributed by atoms with Crippen LogP contribution in [0.25, 0.3) is 6.08 Å². The maximum Gasteiger partial charge on any atom is 0.276 e. The smallest absolute Gasteiger partial charge is 0.276 e. The summed E-state index contributed by atoms with van der Waals surface area (Å²) in [5.74, 6) is -1.84. The van der Waals surface area contributed by atoms with Crippen LogP contribution in [-0.4, -0.2) is 18.4 Å². The van der Waals surface area contributed by atoms with Crippen molar-refractivity contribution in [3.8, 4) is 5.75 Å². The predicted molar refractivity (Wildman–Crippen MR) is 91.3 cm³/mol. The van der Waals surface area contributed by atoms with E-state index < -0.39 is 23.4 Å². The first-order valence-corrected chi connectivity index (χ1v) is 7.83. The number of amides is 2. The minimum Gasteiger partial charge on any atom is -0.484 e. The lowest BCUT2D eigenvalue weighted by molar-refractivity contribution is -0.128. The molecule has 8 heteroatoms. The second-order valence-corrected chi connectivity index (χ2v) is 5.69. The Morgan fingerprint density at radius 1 is 1.08 bits per heavy atom. The van der Waals surface area contributed by atoms with Crippen LogP contribution in [0.1, 0.15) is 5.56 Å². The van der Waals surface area contributed by atoms with Crippen LogP contribution >= 0.6 is 15.9 Å². The Hall–Kier alpha value is -2.74. The van der Waals surface area contributed by atoms with Gasteiger partial charge in [0, 0.05) is 16.1 Å². The number of benzene rings is 2. The molecule has 0 aromatic heterocycles. The van der Waals surface area contributed by atoms with Gasteiger partial charge in [-0.3, -0.25) is 20.4 Å². The van der Waals surface area contributed by atoms with Crippen LogP contribution in [0.2, 0.25) is 0 Å². The largest absolute Gasteiger partial charge is 0.484 e. The Balaban J connectivity index is 1.77. The van der Waals surface area contributed by atoms with Gasteiger partial charge in [0.05, 0.1) is 0 Å². The molecule has 0 aliphatic heterocycles. The van der Waals surface area contributed by atoms with E-state index in [1.54, 1.807) is 0 Å². The van der Waals surface area contributed by atoms with Gasteiger partial charge in [-0.25, -0.2) is 8.78 Å². The van der Waals surface area contributed by atoms with E-state index in [1.165, 1.54) is 48.5 Å². The molecule has 2 N–H and O–H groups in total. The fourth-order valence-corrected chi connectivity index (χ4v) is 2.08. The summed E-state index contributed by atoms with van der Waals surface area (Å²) < 4.78 is 32.0. The maximum absolute atomic E-state index is 13.5. The van der Waals surface area contributed by atoms with Crippen LogP contribution in [0.5, 0.6) is 5.75 Å². The molecule has 25 heavy (non-hydrogen) atoms. The summed E-state index contributed by atoms with van der Waals surface area (Å²) in [5.41, 5.74) is 4.49. The molecular formula is C17H13BrF2N2O3. The number of ether oxygens (including phenoxy) is 1. The quantitative estimate of drug-likeness (QED) is 0.588. The highest BCUT2D eigenvalue weighted by atomic mass is 79.9. The normalized spacial score (nSPS) is 10.5. The molecule has 0 fully saturated rings. The maximum atomic E-state index is 13.5. The molecule has 2 aromatic rings. The first-order chi connectivity index (χ1) is 11.9. The molecule has 0 saturated heterocycles. The van der Waals surface area contributed by atoms with Gasteiger partial charge in [0.2, 0.25) is 0 Å². The fraction of sp³-hybridized carbons (Fsp3) is 0.0588. The lowest BCUT2D eigenvalue weighted by atomic mass is 10.2. The third kappa shape index (κ3) is 6.34. The molecule has 2 rings (SSSR count). The number of rotatable bonds is 5. The molecule has 5 nitrogen and oxygen atoms in total. The Morgan fingerprint density at radius 3 is 2.52 bits per heavy atom. The van der Waals surface area contributed by atoms with Gasteiger partial charge in [-0.1, -0.05) is 15.9 Å². The summed E-state index contributed by atoms with van der Waals surface area (Å²) in [6.07, 6.45) is 2.35. The third-order valence-corrected chi connectivity index (χ3v) is 3.37. The Morgan fingerprint density at radius 2 is 1.80 bits per heavy atom. The van der Waals surface area contributed by atoms with E-state index in [0.29, 0.717) is 10.2 Å². The van der Waals surface area contributed by atoms with E-state index >= 15 is 0 Å². The highest BCUT2D eigenvalue weighted by Crippen LogP contribution is 2.16. The summed E-state index contributed by atoms with van der Waals surface area (Å²) in [6, 6.07) is 9.44. The number of carbonyl (C=O) groups excluding carboxylic acids is 2. The molecular weight excluding hydrogens is 398 g/mol. The number of hydrogen-bond donors (Lipinski definition) is 2. The van der Waals surface area contributed by atoms with Crippen LogP contribution in [0, 0.1) is 11.6 Å². The van der Waals surface area contributed by atoms with E-state index in [2.05, 4.69) is 26.8 Å². The second-order valence-electron chi connectivity index (χ2n) is 4.78. The molecule has 0 spiro atoms. The van der Waals surface area contributed by atoms with Gasteiger partial charge >= 0.3 is 0 Å². The summed E-state index contributed by atoms with van der Waals surface area (Å²) in [4.78, 5) is 23.1. The third-order valence-electron chi connectivity index (χ3n) is 2.88. The molecule has 0 aliphatic carbocycles. The van der Waals surface area contributed by atoms with Crippen molar-refractivity contribution in [3.05, 3.63) is 70.2 Å². The van der Waals surface area contributed by atoms with Gasteiger partial charge in [-0.2, -0.15) is 0 Å². The van der Waals surface area contributed by atoms with Crippen molar-refractivity contribution in [2.75, 3.05) is 6.61 Å². The van der Waals surface area contributed by atoms with E-state index in [-0.39, 0.29) is 12.2 Å². The summed E-state index contributed by atoms with van der Waals surface area (Å²) in [7, 11) is 0. The molecule has 0 aliphatic rings. The van der Waals surface area contributed by atoms with Crippen LogP contribution < -0.4 is 15.6 Å². The number of nitrogens with one attached hydrogen (secondary N) is 2. The zero-order chi connectivity index (χ0) is 18.2. The average molecular weight is 411 g/mol. The Bertz CT molecular complexity index is 795. The molecule has 130 valence electrons.